The molecule has 142 valence electrons. The number of benzene rings is 2. The van der Waals surface area contributed by atoms with Crippen molar-refractivity contribution in [2.45, 2.75) is 20.0 Å². The lowest BCUT2D eigenvalue weighted by molar-refractivity contribution is -0.155. The number of halogens is 1. The summed E-state index contributed by atoms with van der Waals surface area (Å²) < 4.78 is 10.3. The summed E-state index contributed by atoms with van der Waals surface area (Å²) in [5.74, 6) is -1.79. The average Bonchev–Trinajstić information content (AvgIpc) is 2.63. The first kappa shape index (κ1) is 20.3. The zero-order valence-corrected chi connectivity index (χ0v) is 15.6. The summed E-state index contributed by atoms with van der Waals surface area (Å²) in [6, 6.07) is 11.3. The fourth-order valence-electron chi connectivity index (χ4n) is 2.18. The molecule has 2 amide bonds. The van der Waals surface area contributed by atoms with Gasteiger partial charge in [-0.25, -0.2) is 4.79 Å². The second kappa shape index (κ2) is 9.05. The van der Waals surface area contributed by atoms with Gasteiger partial charge in [-0.15, -0.1) is 0 Å². The minimum atomic E-state index is -1.05. The Morgan fingerprint density at radius 2 is 1.89 bits per heavy atom. The summed E-state index contributed by atoms with van der Waals surface area (Å²) in [5, 5.41) is 3.13. The molecule has 0 aromatic heterocycles. The third kappa shape index (κ3) is 5.72. The molecule has 0 aliphatic rings. The van der Waals surface area contributed by atoms with E-state index in [0.717, 1.165) is 5.56 Å². The fourth-order valence-corrected chi connectivity index (χ4v) is 2.35. The number of nitrogens with one attached hydrogen (secondary N) is 1. The number of aryl methyl sites for hydroxylation is 1. The molecular formula is C19H19ClN2O5. The monoisotopic (exact) mass is 390 g/mol. The molecule has 0 unspecified atom stereocenters. The molecule has 8 heteroatoms. The number of para-hydroxylation sites is 1. The van der Waals surface area contributed by atoms with Gasteiger partial charge in [0.15, 0.2) is 12.7 Å². The first-order valence-electron chi connectivity index (χ1n) is 8.06. The zero-order valence-electron chi connectivity index (χ0n) is 14.8. The molecule has 0 radical (unpaired) electrons. The van der Waals surface area contributed by atoms with Gasteiger partial charge in [-0.1, -0.05) is 29.8 Å². The van der Waals surface area contributed by atoms with Gasteiger partial charge in [0.1, 0.15) is 5.75 Å². The van der Waals surface area contributed by atoms with Crippen molar-refractivity contribution in [1.29, 1.82) is 0 Å². The maximum absolute atomic E-state index is 12.2. The Hall–Kier alpha value is -3.06. The van der Waals surface area contributed by atoms with E-state index in [1.165, 1.54) is 19.1 Å². The van der Waals surface area contributed by atoms with Gasteiger partial charge >= 0.3 is 5.97 Å². The quantitative estimate of drug-likeness (QED) is 0.706. The third-order valence-electron chi connectivity index (χ3n) is 3.63. The van der Waals surface area contributed by atoms with Crippen molar-refractivity contribution < 1.29 is 23.9 Å². The molecule has 3 N–H and O–H groups in total. The van der Waals surface area contributed by atoms with Gasteiger partial charge in [-0.2, -0.15) is 0 Å². The topological polar surface area (TPSA) is 108 Å². The fraction of sp³-hybridized carbons (Fsp3) is 0.211. The smallest absolute Gasteiger partial charge is 0.344 e. The molecule has 2 aromatic carbocycles. The second-order valence-corrected chi connectivity index (χ2v) is 6.17. The normalized spacial score (nSPS) is 11.4. The molecule has 7 nitrogen and oxygen atoms in total. The number of hydrogen-bond acceptors (Lipinski definition) is 5. The molecule has 0 aliphatic carbocycles. The number of anilines is 1. The summed E-state index contributed by atoms with van der Waals surface area (Å²) >= 11 is 5.91. The van der Waals surface area contributed by atoms with Crippen LogP contribution in [0.3, 0.4) is 0 Å². The highest BCUT2D eigenvalue weighted by molar-refractivity contribution is 6.31. The van der Waals surface area contributed by atoms with Gasteiger partial charge in [0.05, 0.1) is 5.56 Å². The van der Waals surface area contributed by atoms with Gasteiger partial charge in [0.2, 0.25) is 0 Å². The van der Waals surface area contributed by atoms with Crippen molar-refractivity contribution in [2.75, 3.05) is 11.9 Å². The van der Waals surface area contributed by atoms with Gasteiger partial charge in [-0.05, 0) is 43.7 Å². The number of amides is 2. The first-order valence-corrected chi connectivity index (χ1v) is 8.44. The van der Waals surface area contributed by atoms with Crippen molar-refractivity contribution in [1.82, 2.24) is 0 Å². The molecule has 27 heavy (non-hydrogen) atoms. The van der Waals surface area contributed by atoms with Crippen LogP contribution in [0.5, 0.6) is 5.75 Å². The van der Waals surface area contributed by atoms with E-state index in [-0.39, 0.29) is 11.3 Å². The van der Waals surface area contributed by atoms with E-state index in [2.05, 4.69) is 5.32 Å². The summed E-state index contributed by atoms with van der Waals surface area (Å²) in [6.07, 6.45) is -1.05. The van der Waals surface area contributed by atoms with Crippen LogP contribution in [0.1, 0.15) is 22.8 Å². The number of hydrogen-bond donors (Lipinski definition) is 2. The highest BCUT2D eigenvalue weighted by Crippen LogP contribution is 2.20. The van der Waals surface area contributed by atoms with Crippen LogP contribution in [-0.2, 0) is 14.3 Å². The largest absolute Gasteiger partial charge is 0.481 e. The molecule has 0 saturated carbocycles. The van der Waals surface area contributed by atoms with Crippen molar-refractivity contribution in [3.05, 3.63) is 58.6 Å². The Morgan fingerprint density at radius 1 is 1.19 bits per heavy atom. The highest BCUT2D eigenvalue weighted by atomic mass is 35.5. The predicted molar refractivity (Wildman–Crippen MR) is 101 cm³/mol. The van der Waals surface area contributed by atoms with Gasteiger partial charge < -0.3 is 20.5 Å². The van der Waals surface area contributed by atoms with Crippen molar-refractivity contribution in [3.8, 4) is 5.75 Å². The Labute approximate surface area is 161 Å². The van der Waals surface area contributed by atoms with Crippen LogP contribution >= 0.6 is 11.6 Å². The maximum Gasteiger partial charge on any atom is 0.344 e. The number of esters is 1. The molecule has 1 atom stereocenters. The number of primary amides is 1. The van der Waals surface area contributed by atoms with E-state index in [1.54, 1.807) is 30.3 Å². The van der Waals surface area contributed by atoms with Crippen molar-refractivity contribution in [2.24, 2.45) is 5.73 Å². The van der Waals surface area contributed by atoms with Crippen LogP contribution in [0.25, 0.3) is 0 Å². The van der Waals surface area contributed by atoms with Crippen LogP contribution in [0.4, 0.5) is 5.69 Å². The lowest BCUT2D eigenvalue weighted by Crippen LogP contribution is -2.32. The van der Waals surface area contributed by atoms with E-state index in [9.17, 15) is 14.4 Å². The first-order chi connectivity index (χ1) is 12.8. The van der Waals surface area contributed by atoms with Crippen LogP contribution < -0.4 is 15.8 Å². The van der Waals surface area contributed by atoms with E-state index in [0.29, 0.717) is 10.7 Å². The molecule has 0 fully saturated rings. The third-order valence-corrected chi connectivity index (χ3v) is 3.87. The molecule has 0 aliphatic heterocycles. The van der Waals surface area contributed by atoms with Gasteiger partial charge in [-0.3, -0.25) is 9.59 Å². The summed E-state index contributed by atoms with van der Waals surface area (Å²) in [6.45, 7) is 2.77. The number of ether oxygens (including phenoxy) is 2. The van der Waals surface area contributed by atoms with E-state index < -0.39 is 30.5 Å². The molecule has 0 saturated heterocycles. The average molecular weight is 391 g/mol. The molecule has 0 heterocycles. The number of carbonyl (C=O) groups excluding carboxylic acids is 3. The molecular weight excluding hydrogens is 372 g/mol. The van der Waals surface area contributed by atoms with Gasteiger partial charge in [0, 0.05) is 10.7 Å². The highest BCUT2D eigenvalue weighted by Gasteiger charge is 2.19. The molecule has 2 aromatic rings. The molecule has 0 spiro atoms. The summed E-state index contributed by atoms with van der Waals surface area (Å²) in [7, 11) is 0. The van der Waals surface area contributed by atoms with Crippen molar-refractivity contribution in [3.63, 3.8) is 0 Å². The lowest BCUT2D eigenvalue weighted by atomic mass is 10.2. The van der Waals surface area contributed by atoms with E-state index in [1.807, 2.05) is 6.92 Å². The van der Waals surface area contributed by atoms with Crippen LogP contribution in [0.2, 0.25) is 5.02 Å². The lowest BCUT2D eigenvalue weighted by Gasteiger charge is -2.15. The minimum absolute atomic E-state index is 0.146. The number of rotatable bonds is 7. The predicted octanol–water partition coefficient (Wildman–Crippen LogP) is 2.70. The van der Waals surface area contributed by atoms with Crippen LogP contribution in [0, 0.1) is 6.92 Å². The van der Waals surface area contributed by atoms with Crippen LogP contribution in [-0.4, -0.2) is 30.5 Å². The van der Waals surface area contributed by atoms with Crippen LogP contribution in [0.15, 0.2) is 42.5 Å². The Bertz CT molecular complexity index is 869. The molecule has 0 bridgehead atoms. The Balaban J connectivity index is 1.91. The Morgan fingerprint density at radius 3 is 2.59 bits per heavy atom. The summed E-state index contributed by atoms with van der Waals surface area (Å²) in [4.78, 5) is 35.4. The standard InChI is InChI=1S/C19H19ClN2O5/c1-11-7-8-13(20)9-15(11)22-19(25)12(2)27-17(23)10-26-16-6-4-3-5-14(16)18(21)24/h3-9,12H,10H2,1-2H3,(H2,21,24)(H,22,25)/t12-/m1/s1. The zero-order chi connectivity index (χ0) is 20.0. The molecule has 2 rings (SSSR count). The number of nitrogens with two attached hydrogens (primary N) is 1. The maximum atomic E-state index is 12.2. The van der Waals surface area contributed by atoms with E-state index >= 15 is 0 Å². The summed E-state index contributed by atoms with van der Waals surface area (Å²) in [5.41, 5.74) is 6.73. The van der Waals surface area contributed by atoms with Gasteiger partial charge in [0.25, 0.3) is 11.8 Å². The van der Waals surface area contributed by atoms with Crippen molar-refractivity contribution >= 4 is 35.1 Å². The Kier molecular flexibility index (Phi) is 6.79. The number of carbonyl (C=O) groups is 3. The van der Waals surface area contributed by atoms with E-state index in [4.69, 9.17) is 26.8 Å². The SMILES string of the molecule is Cc1ccc(Cl)cc1NC(=O)[C@@H](C)OC(=O)COc1ccccc1C(N)=O. The second-order valence-electron chi connectivity index (χ2n) is 5.73. The minimum Gasteiger partial charge on any atom is -0.481 e.